The molecule has 0 atom stereocenters. The van der Waals surface area contributed by atoms with Crippen LogP contribution in [0, 0.1) is 5.92 Å². The second-order valence-electron chi connectivity index (χ2n) is 6.11. The highest BCUT2D eigenvalue weighted by molar-refractivity contribution is 4.84. The van der Waals surface area contributed by atoms with Crippen molar-refractivity contribution in [2.45, 2.75) is 71.4 Å². The second-order valence-corrected chi connectivity index (χ2v) is 6.11. The molecule has 0 aromatic heterocycles. The van der Waals surface area contributed by atoms with Gasteiger partial charge in [0.15, 0.2) is 0 Å². The minimum Gasteiger partial charge on any atom is -0.306 e. The van der Waals surface area contributed by atoms with Crippen LogP contribution >= 0.6 is 0 Å². The van der Waals surface area contributed by atoms with Crippen molar-refractivity contribution >= 4 is 0 Å². The molecule has 1 aliphatic heterocycles. The lowest BCUT2D eigenvalue weighted by Crippen LogP contribution is -2.47. The van der Waals surface area contributed by atoms with Gasteiger partial charge in [0.2, 0.25) is 0 Å². The van der Waals surface area contributed by atoms with Crippen LogP contribution in [0.15, 0.2) is 0 Å². The fourth-order valence-corrected chi connectivity index (χ4v) is 3.35. The molecule has 1 saturated heterocycles. The van der Waals surface area contributed by atoms with Crippen LogP contribution < -0.4 is 0 Å². The average molecular weight is 254 g/mol. The van der Waals surface area contributed by atoms with E-state index < -0.39 is 0 Å². The predicted molar refractivity (Wildman–Crippen MR) is 81.1 cm³/mol. The molecular formula is C16H34N2. The van der Waals surface area contributed by atoms with Crippen molar-refractivity contribution < 1.29 is 0 Å². The van der Waals surface area contributed by atoms with E-state index in [0.29, 0.717) is 0 Å². The lowest BCUT2D eigenvalue weighted by Gasteiger charge is -2.41. The molecular weight excluding hydrogens is 220 g/mol. The number of hydrogen-bond donors (Lipinski definition) is 0. The average Bonchev–Trinajstić information content (AvgIpc) is 2.42. The van der Waals surface area contributed by atoms with Crippen molar-refractivity contribution in [2.24, 2.45) is 5.92 Å². The third kappa shape index (κ3) is 4.55. The summed E-state index contributed by atoms with van der Waals surface area (Å²) < 4.78 is 0. The molecule has 108 valence electrons. The van der Waals surface area contributed by atoms with Gasteiger partial charge >= 0.3 is 0 Å². The monoisotopic (exact) mass is 254 g/mol. The van der Waals surface area contributed by atoms with Crippen molar-refractivity contribution in [3.63, 3.8) is 0 Å². The van der Waals surface area contributed by atoms with Crippen molar-refractivity contribution in [3.8, 4) is 0 Å². The Labute approximate surface area is 115 Å². The quantitative estimate of drug-likeness (QED) is 0.742. The summed E-state index contributed by atoms with van der Waals surface area (Å²) in [6.45, 7) is 8.99. The van der Waals surface area contributed by atoms with Crippen LogP contribution in [0.4, 0.5) is 0 Å². The molecule has 0 N–H and O–H groups in total. The predicted octanol–water partition coefficient (Wildman–Crippen LogP) is 3.62. The van der Waals surface area contributed by atoms with Crippen LogP contribution in [0.3, 0.4) is 0 Å². The number of hydrogen-bond acceptors (Lipinski definition) is 2. The molecule has 18 heavy (non-hydrogen) atoms. The van der Waals surface area contributed by atoms with E-state index in [0.717, 1.165) is 18.0 Å². The Morgan fingerprint density at radius 3 is 1.78 bits per heavy atom. The maximum absolute atomic E-state index is 2.71. The highest BCUT2D eigenvalue weighted by Gasteiger charge is 2.28. The van der Waals surface area contributed by atoms with Gasteiger partial charge in [0.05, 0.1) is 0 Å². The van der Waals surface area contributed by atoms with Crippen molar-refractivity contribution in [1.82, 2.24) is 9.80 Å². The summed E-state index contributed by atoms with van der Waals surface area (Å²) >= 11 is 0. The molecule has 1 aliphatic carbocycles. The first-order chi connectivity index (χ1) is 8.66. The van der Waals surface area contributed by atoms with Crippen molar-refractivity contribution in [1.29, 1.82) is 0 Å². The highest BCUT2D eigenvalue weighted by Crippen LogP contribution is 2.29. The fourth-order valence-electron chi connectivity index (χ4n) is 3.35. The van der Waals surface area contributed by atoms with Gasteiger partial charge in [-0.25, -0.2) is 0 Å². The molecule has 0 aromatic rings. The Balaban J connectivity index is 0.000000771. The molecule has 2 fully saturated rings. The highest BCUT2D eigenvalue weighted by atomic mass is 15.2. The normalized spacial score (nSPS) is 31.0. The molecule has 2 nitrogen and oxygen atoms in total. The molecule has 2 heteroatoms. The first-order valence-corrected chi connectivity index (χ1v) is 8.07. The Morgan fingerprint density at radius 1 is 0.833 bits per heavy atom. The van der Waals surface area contributed by atoms with Gasteiger partial charge < -0.3 is 9.80 Å². The van der Waals surface area contributed by atoms with Crippen LogP contribution in [0.25, 0.3) is 0 Å². The molecule has 2 rings (SSSR count). The molecule has 0 spiro atoms. The van der Waals surface area contributed by atoms with E-state index in [1.807, 2.05) is 13.8 Å². The van der Waals surface area contributed by atoms with Crippen LogP contribution in [-0.4, -0.2) is 49.1 Å². The molecule has 0 bridgehead atoms. The lowest BCUT2D eigenvalue weighted by molar-refractivity contribution is 0.0807. The van der Waals surface area contributed by atoms with Crippen molar-refractivity contribution in [2.75, 3.05) is 27.2 Å². The molecule has 1 heterocycles. The van der Waals surface area contributed by atoms with Crippen LogP contribution in [-0.2, 0) is 0 Å². The van der Waals surface area contributed by atoms with Gasteiger partial charge in [-0.1, -0.05) is 20.8 Å². The van der Waals surface area contributed by atoms with Crippen LogP contribution in [0.2, 0.25) is 0 Å². The van der Waals surface area contributed by atoms with Crippen LogP contribution in [0.1, 0.15) is 59.3 Å². The van der Waals surface area contributed by atoms with Gasteiger partial charge in [-0.2, -0.15) is 0 Å². The topological polar surface area (TPSA) is 6.48 Å². The van der Waals surface area contributed by atoms with Gasteiger partial charge in [-0.15, -0.1) is 0 Å². The third-order valence-corrected chi connectivity index (χ3v) is 4.83. The number of nitrogens with zero attached hydrogens (tertiary/aromatic N) is 2. The minimum atomic E-state index is 0.856. The molecule has 0 amide bonds. The largest absolute Gasteiger partial charge is 0.306 e. The Morgan fingerprint density at radius 2 is 1.28 bits per heavy atom. The van der Waals surface area contributed by atoms with Gasteiger partial charge in [-0.3, -0.25) is 0 Å². The molecule has 0 unspecified atom stereocenters. The summed E-state index contributed by atoms with van der Waals surface area (Å²) in [7, 11) is 4.62. The Bertz CT molecular complexity index is 179. The van der Waals surface area contributed by atoms with E-state index >= 15 is 0 Å². The molecule has 1 saturated carbocycles. The van der Waals surface area contributed by atoms with Gasteiger partial charge in [-0.05, 0) is 71.6 Å². The summed E-state index contributed by atoms with van der Waals surface area (Å²) in [6.07, 6.45) is 8.51. The maximum atomic E-state index is 2.71. The van der Waals surface area contributed by atoms with Crippen LogP contribution in [0.5, 0.6) is 0 Å². The standard InChI is InChI=1S/C14H28N2.C2H6/c1-12-4-6-13(7-5-12)16(3)14-8-10-15(2)11-9-14;1-2/h12-14H,4-11H2,1-3H3;1-2H3. The molecule has 2 aliphatic rings. The van der Waals surface area contributed by atoms with E-state index in [9.17, 15) is 0 Å². The summed E-state index contributed by atoms with van der Waals surface area (Å²) in [5.41, 5.74) is 0. The summed E-state index contributed by atoms with van der Waals surface area (Å²) in [5, 5.41) is 0. The number of rotatable bonds is 2. The van der Waals surface area contributed by atoms with E-state index in [-0.39, 0.29) is 0 Å². The first-order valence-electron chi connectivity index (χ1n) is 8.07. The smallest absolute Gasteiger partial charge is 0.0119 e. The van der Waals surface area contributed by atoms with E-state index in [1.165, 1.54) is 51.6 Å². The zero-order chi connectivity index (χ0) is 13.5. The SMILES string of the molecule is CC.CC1CCC(N(C)C2CCN(C)CC2)CC1. The van der Waals surface area contributed by atoms with Crippen molar-refractivity contribution in [3.05, 3.63) is 0 Å². The summed E-state index contributed by atoms with van der Waals surface area (Å²) in [4.78, 5) is 5.17. The lowest BCUT2D eigenvalue weighted by atomic mass is 9.85. The molecule has 0 radical (unpaired) electrons. The zero-order valence-corrected chi connectivity index (χ0v) is 13.3. The van der Waals surface area contributed by atoms with Gasteiger partial charge in [0.25, 0.3) is 0 Å². The fraction of sp³-hybridized carbons (Fsp3) is 1.00. The second kappa shape index (κ2) is 8.16. The Hall–Kier alpha value is -0.0800. The molecule has 0 aromatic carbocycles. The van der Waals surface area contributed by atoms with E-state index in [2.05, 4.69) is 30.8 Å². The van der Waals surface area contributed by atoms with Gasteiger partial charge in [0, 0.05) is 12.1 Å². The maximum Gasteiger partial charge on any atom is 0.0119 e. The first kappa shape index (κ1) is 16.0. The summed E-state index contributed by atoms with van der Waals surface area (Å²) in [5.74, 6) is 0.974. The number of likely N-dealkylation sites (tertiary alicyclic amines) is 1. The number of piperidine rings is 1. The zero-order valence-electron chi connectivity index (χ0n) is 13.3. The third-order valence-electron chi connectivity index (χ3n) is 4.83. The van der Waals surface area contributed by atoms with E-state index in [1.54, 1.807) is 0 Å². The van der Waals surface area contributed by atoms with Gasteiger partial charge in [0.1, 0.15) is 0 Å². The Kier molecular flexibility index (Phi) is 7.25. The minimum absolute atomic E-state index is 0.856. The van der Waals surface area contributed by atoms with E-state index in [4.69, 9.17) is 0 Å². The summed E-state index contributed by atoms with van der Waals surface area (Å²) in [6, 6.07) is 1.74.